The minimum atomic E-state index is 0.00738. The Morgan fingerprint density at radius 3 is 2.77 bits per heavy atom. The minimum Gasteiger partial charge on any atom is -0.496 e. The number of rotatable bonds is 6. The summed E-state index contributed by atoms with van der Waals surface area (Å²) < 4.78 is 11.1. The molecule has 0 bridgehead atoms. The summed E-state index contributed by atoms with van der Waals surface area (Å²) in [4.78, 5) is 12.0. The third-order valence-electron chi connectivity index (χ3n) is 4.68. The molecule has 0 saturated heterocycles. The van der Waals surface area contributed by atoms with Crippen molar-refractivity contribution in [3.8, 4) is 5.75 Å². The second-order valence-electron chi connectivity index (χ2n) is 6.33. The monoisotopic (exact) mass is 303 g/mol. The molecule has 1 aromatic rings. The highest BCUT2D eigenvalue weighted by Gasteiger charge is 2.41. The molecule has 4 heteroatoms. The molecule has 1 amide bonds. The summed E-state index contributed by atoms with van der Waals surface area (Å²) in [6.45, 7) is 0.194. The molecular weight excluding hydrogens is 278 g/mol. The summed E-state index contributed by atoms with van der Waals surface area (Å²) in [5.41, 5.74) is 1.18. The van der Waals surface area contributed by atoms with E-state index in [1.165, 1.54) is 24.8 Å². The van der Waals surface area contributed by atoms with Crippen LogP contribution in [0.4, 0.5) is 0 Å². The summed E-state index contributed by atoms with van der Waals surface area (Å²) in [5, 5.41) is 3.07. The topological polar surface area (TPSA) is 47.6 Å². The van der Waals surface area contributed by atoms with Gasteiger partial charge in [0.25, 0.3) is 0 Å². The second kappa shape index (κ2) is 7.14. The van der Waals surface area contributed by atoms with Gasteiger partial charge >= 0.3 is 0 Å². The molecular formula is C18H25NO3. The number of carbonyl (C=O) groups is 1. The van der Waals surface area contributed by atoms with Crippen LogP contribution < -0.4 is 10.1 Å². The van der Waals surface area contributed by atoms with E-state index in [0.29, 0.717) is 5.92 Å². The zero-order valence-electron chi connectivity index (χ0n) is 13.2. The fourth-order valence-corrected chi connectivity index (χ4v) is 3.34. The zero-order valence-corrected chi connectivity index (χ0v) is 13.2. The Balaban J connectivity index is 1.43. The maximum Gasteiger partial charge on any atom is 0.246 e. The van der Waals surface area contributed by atoms with E-state index in [2.05, 4.69) is 11.4 Å². The number of methoxy groups -OCH3 is 1. The molecule has 2 aliphatic rings. The molecule has 0 aliphatic heterocycles. The van der Waals surface area contributed by atoms with Gasteiger partial charge in [-0.25, -0.2) is 0 Å². The summed E-state index contributed by atoms with van der Waals surface area (Å²) in [7, 11) is 1.69. The van der Waals surface area contributed by atoms with Gasteiger partial charge in [0, 0.05) is 12.0 Å². The van der Waals surface area contributed by atoms with Crippen LogP contribution in [0.2, 0.25) is 0 Å². The molecule has 120 valence electrons. The maximum absolute atomic E-state index is 12.0. The number of para-hydroxylation sites is 1. The Kier molecular flexibility index (Phi) is 4.98. The van der Waals surface area contributed by atoms with E-state index in [-0.39, 0.29) is 24.7 Å². The molecule has 2 atom stereocenters. The molecule has 0 heterocycles. The molecule has 1 aromatic carbocycles. The first kappa shape index (κ1) is 15.3. The van der Waals surface area contributed by atoms with E-state index in [4.69, 9.17) is 9.47 Å². The summed E-state index contributed by atoms with van der Waals surface area (Å²) in [6.07, 6.45) is 7.21. The van der Waals surface area contributed by atoms with Crippen LogP contribution in [-0.4, -0.2) is 31.8 Å². The van der Waals surface area contributed by atoms with Crippen LogP contribution in [0.15, 0.2) is 24.3 Å². The van der Waals surface area contributed by atoms with Crippen molar-refractivity contribution in [1.29, 1.82) is 0 Å². The lowest BCUT2D eigenvalue weighted by Gasteiger charge is -2.21. The van der Waals surface area contributed by atoms with Crippen LogP contribution in [-0.2, 0) is 9.53 Å². The Morgan fingerprint density at radius 1 is 1.23 bits per heavy atom. The molecule has 2 fully saturated rings. The first-order chi connectivity index (χ1) is 10.8. The molecule has 2 saturated carbocycles. The van der Waals surface area contributed by atoms with Gasteiger partial charge in [0.05, 0.1) is 13.2 Å². The standard InChI is InChI=1S/C18H25NO3/c1-21-17-10-6-5-9-14(17)15-11-16(15)19-18(20)12-22-13-7-3-2-4-8-13/h5-6,9-10,13,15-16H,2-4,7-8,11-12H2,1H3,(H,19,20)/t15-,16+/m1/s1. The average molecular weight is 303 g/mol. The van der Waals surface area contributed by atoms with Crippen LogP contribution in [0.25, 0.3) is 0 Å². The predicted molar refractivity (Wildman–Crippen MR) is 85.1 cm³/mol. The molecule has 3 rings (SSSR count). The predicted octanol–water partition coefficient (Wildman–Crippen LogP) is 3.02. The van der Waals surface area contributed by atoms with Crippen molar-refractivity contribution in [2.45, 2.75) is 56.6 Å². The summed E-state index contributed by atoms with van der Waals surface area (Å²) in [5.74, 6) is 1.28. The lowest BCUT2D eigenvalue weighted by Crippen LogP contribution is -2.32. The lowest BCUT2D eigenvalue weighted by atomic mass is 9.98. The molecule has 1 N–H and O–H groups in total. The zero-order chi connectivity index (χ0) is 15.4. The third-order valence-corrected chi connectivity index (χ3v) is 4.68. The van der Waals surface area contributed by atoms with Gasteiger partial charge in [-0.1, -0.05) is 37.5 Å². The average Bonchev–Trinajstić information content (AvgIpc) is 3.32. The van der Waals surface area contributed by atoms with E-state index >= 15 is 0 Å². The number of hydrogen-bond donors (Lipinski definition) is 1. The Labute approximate surface area is 132 Å². The normalized spacial score (nSPS) is 24.8. The van der Waals surface area contributed by atoms with E-state index < -0.39 is 0 Å². The highest BCUT2D eigenvalue weighted by atomic mass is 16.5. The molecule has 0 aromatic heterocycles. The van der Waals surface area contributed by atoms with Gasteiger partial charge in [-0.15, -0.1) is 0 Å². The summed E-state index contributed by atoms with van der Waals surface area (Å²) in [6, 6.07) is 8.25. The summed E-state index contributed by atoms with van der Waals surface area (Å²) >= 11 is 0. The van der Waals surface area contributed by atoms with Crippen molar-refractivity contribution >= 4 is 5.91 Å². The fraction of sp³-hybridized carbons (Fsp3) is 0.611. The molecule has 0 radical (unpaired) electrons. The van der Waals surface area contributed by atoms with Crippen molar-refractivity contribution in [3.05, 3.63) is 29.8 Å². The fourth-order valence-electron chi connectivity index (χ4n) is 3.34. The number of ether oxygens (including phenoxy) is 2. The van der Waals surface area contributed by atoms with E-state index in [1.54, 1.807) is 7.11 Å². The number of hydrogen-bond acceptors (Lipinski definition) is 3. The first-order valence-electron chi connectivity index (χ1n) is 8.32. The van der Waals surface area contributed by atoms with Crippen molar-refractivity contribution < 1.29 is 14.3 Å². The van der Waals surface area contributed by atoms with Crippen LogP contribution in [0.5, 0.6) is 5.75 Å². The Hall–Kier alpha value is -1.55. The van der Waals surface area contributed by atoms with Crippen LogP contribution in [0.3, 0.4) is 0 Å². The SMILES string of the molecule is COc1ccccc1[C@H]1C[C@@H]1NC(=O)COC1CCCCC1. The van der Waals surface area contributed by atoms with Crippen molar-refractivity contribution in [3.63, 3.8) is 0 Å². The van der Waals surface area contributed by atoms with Gasteiger partial charge < -0.3 is 14.8 Å². The quantitative estimate of drug-likeness (QED) is 0.879. The number of nitrogens with one attached hydrogen (secondary N) is 1. The molecule has 4 nitrogen and oxygen atoms in total. The van der Waals surface area contributed by atoms with Gasteiger partial charge in [-0.05, 0) is 30.9 Å². The number of benzene rings is 1. The largest absolute Gasteiger partial charge is 0.496 e. The Bertz CT molecular complexity index is 511. The van der Waals surface area contributed by atoms with Gasteiger partial charge in [-0.3, -0.25) is 4.79 Å². The highest BCUT2D eigenvalue weighted by molar-refractivity contribution is 5.78. The van der Waals surface area contributed by atoms with Crippen LogP contribution in [0.1, 0.15) is 50.0 Å². The third kappa shape index (κ3) is 3.80. The highest BCUT2D eigenvalue weighted by Crippen LogP contribution is 2.44. The lowest BCUT2D eigenvalue weighted by molar-refractivity contribution is -0.128. The van der Waals surface area contributed by atoms with Crippen molar-refractivity contribution in [2.75, 3.05) is 13.7 Å². The first-order valence-corrected chi connectivity index (χ1v) is 8.32. The smallest absolute Gasteiger partial charge is 0.246 e. The molecule has 0 unspecified atom stereocenters. The molecule has 22 heavy (non-hydrogen) atoms. The minimum absolute atomic E-state index is 0.00738. The number of carbonyl (C=O) groups excluding carboxylic acids is 1. The van der Waals surface area contributed by atoms with Crippen LogP contribution in [0, 0.1) is 0 Å². The van der Waals surface area contributed by atoms with Crippen molar-refractivity contribution in [1.82, 2.24) is 5.32 Å². The number of amides is 1. The molecule has 2 aliphatic carbocycles. The second-order valence-corrected chi connectivity index (χ2v) is 6.33. The van der Waals surface area contributed by atoms with Crippen molar-refractivity contribution in [2.24, 2.45) is 0 Å². The van der Waals surface area contributed by atoms with E-state index in [1.807, 2.05) is 18.2 Å². The van der Waals surface area contributed by atoms with E-state index in [0.717, 1.165) is 25.0 Å². The Morgan fingerprint density at radius 2 is 2.00 bits per heavy atom. The maximum atomic E-state index is 12.0. The van der Waals surface area contributed by atoms with E-state index in [9.17, 15) is 4.79 Å². The van der Waals surface area contributed by atoms with Gasteiger partial charge in [0.1, 0.15) is 12.4 Å². The van der Waals surface area contributed by atoms with Crippen LogP contribution >= 0.6 is 0 Å². The van der Waals surface area contributed by atoms with Gasteiger partial charge in [0.2, 0.25) is 5.91 Å². The van der Waals surface area contributed by atoms with Gasteiger partial charge in [0.15, 0.2) is 0 Å². The molecule has 0 spiro atoms. The van der Waals surface area contributed by atoms with Gasteiger partial charge in [-0.2, -0.15) is 0 Å².